The van der Waals surface area contributed by atoms with E-state index in [1.165, 1.54) is 57.5 Å². The summed E-state index contributed by atoms with van der Waals surface area (Å²) in [7, 11) is 0. The molecule has 0 fully saturated rings. The third-order valence-corrected chi connectivity index (χ3v) is 13.4. The molecule has 266 valence electrons. The number of thiophene rings is 2. The van der Waals surface area contributed by atoms with Gasteiger partial charge in [-0.3, -0.25) is 0 Å². The smallest absolute Gasteiger partial charge is 0.165 e. The van der Waals surface area contributed by atoms with Gasteiger partial charge in [-0.2, -0.15) is 0 Å². The Morgan fingerprint density at radius 2 is 0.877 bits per heavy atom. The minimum Gasteiger partial charge on any atom is -0.309 e. The van der Waals surface area contributed by atoms with Crippen molar-refractivity contribution in [3.8, 4) is 51.0 Å². The van der Waals surface area contributed by atoms with Gasteiger partial charge in [0.05, 0.1) is 16.7 Å². The highest BCUT2D eigenvalue weighted by atomic mass is 32.1. The molecule has 4 heterocycles. The highest BCUT2D eigenvalue weighted by Gasteiger charge is 2.22. The monoisotopic (exact) mass is 762 g/mol. The Morgan fingerprint density at radius 1 is 0.351 bits per heavy atom. The predicted molar refractivity (Wildman–Crippen MR) is 242 cm³/mol. The molecule has 8 aromatic carbocycles. The van der Waals surface area contributed by atoms with Crippen molar-refractivity contribution in [2.45, 2.75) is 0 Å². The molecule has 0 saturated carbocycles. The van der Waals surface area contributed by atoms with Crippen LogP contribution in [0.3, 0.4) is 0 Å². The molecule has 0 aliphatic rings. The van der Waals surface area contributed by atoms with Crippen molar-refractivity contribution in [1.82, 2.24) is 19.5 Å². The Bertz CT molecular complexity index is 3410. The summed E-state index contributed by atoms with van der Waals surface area (Å²) in [6, 6.07) is 64.8. The van der Waals surface area contributed by atoms with E-state index in [-0.39, 0.29) is 0 Å². The maximum Gasteiger partial charge on any atom is 0.165 e. The van der Waals surface area contributed by atoms with Crippen LogP contribution in [-0.2, 0) is 0 Å². The third-order valence-electron chi connectivity index (χ3n) is 11.1. The average Bonchev–Trinajstić information content (AvgIpc) is 3.96. The predicted octanol–water partition coefficient (Wildman–Crippen LogP) is 14.4. The zero-order valence-electron chi connectivity index (χ0n) is 30.4. The maximum atomic E-state index is 5.29. The lowest BCUT2D eigenvalue weighted by Crippen LogP contribution is -2.01. The number of rotatable bonds is 5. The molecule has 6 heteroatoms. The zero-order valence-corrected chi connectivity index (χ0v) is 32.1. The van der Waals surface area contributed by atoms with Crippen LogP contribution in [0.4, 0.5) is 0 Å². The van der Waals surface area contributed by atoms with Gasteiger partial charge in [0.2, 0.25) is 0 Å². The van der Waals surface area contributed by atoms with Crippen molar-refractivity contribution in [3.63, 3.8) is 0 Å². The van der Waals surface area contributed by atoms with Gasteiger partial charge < -0.3 is 4.57 Å². The lowest BCUT2D eigenvalue weighted by atomic mass is 9.96. The molecule has 0 bridgehead atoms. The van der Waals surface area contributed by atoms with Crippen LogP contribution in [0, 0.1) is 0 Å². The normalized spacial score (nSPS) is 11.9. The number of hydrogen-bond acceptors (Lipinski definition) is 5. The first-order valence-electron chi connectivity index (χ1n) is 19.0. The molecule has 4 nitrogen and oxygen atoms in total. The van der Waals surface area contributed by atoms with E-state index in [1.807, 2.05) is 59.1 Å². The number of benzene rings is 8. The summed E-state index contributed by atoms with van der Waals surface area (Å²) >= 11 is 3.68. The second kappa shape index (κ2) is 12.8. The Balaban J connectivity index is 1.21. The van der Waals surface area contributed by atoms with E-state index in [0.29, 0.717) is 17.5 Å². The number of aromatic nitrogens is 4. The first-order valence-corrected chi connectivity index (χ1v) is 20.7. The van der Waals surface area contributed by atoms with E-state index < -0.39 is 0 Å². The van der Waals surface area contributed by atoms with Gasteiger partial charge in [0.25, 0.3) is 0 Å². The van der Waals surface area contributed by atoms with E-state index in [4.69, 9.17) is 15.0 Å². The van der Waals surface area contributed by atoms with Gasteiger partial charge in [-0.15, -0.1) is 22.7 Å². The quantitative estimate of drug-likeness (QED) is 0.175. The number of hydrogen-bond donors (Lipinski definition) is 0. The molecule has 0 unspecified atom stereocenters. The fourth-order valence-electron chi connectivity index (χ4n) is 8.53. The highest BCUT2D eigenvalue weighted by Crippen LogP contribution is 2.49. The Kier molecular flexibility index (Phi) is 7.24. The average molecular weight is 763 g/mol. The number of nitrogens with zero attached hydrogens (tertiary/aromatic N) is 4. The molecule has 0 spiro atoms. The second-order valence-electron chi connectivity index (χ2n) is 14.3. The van der Waals surface area contributed by atoms with Crippen LogP contribution >= 0.6 is 22.7 Å². The van der Waals surface area contributed by atoms with Crippen LogP contribution in [0.15, 0.2) is 182 Å². The number of para-hydroxylation sites is 3. The SMILES string of the molecule is c1ccc(-c2nc(-c3ccccc3)nc(-c3cc(-c4ccccc4-n4c5ccccc5c5ccccc54)cc4c3sc3ccc5sc6ccccc6c5c34)n2)cc1. The van der Waals surface area contributed by atoms with Crippen LogP contribution in [0.25, 0.3) is 113 Å². The maximum absolute atomic E-state index is 5.29. The molecule has 0 saturated heterocycles. The molecule has 0 atom stereocenters. The first-order chi connectivity index (χ1) is 28.3. The Morgan fingerprint density at radius 3 is 1.56 bits per heavy atom. The minimum atomic E-state index is 0.649. The first kappa shape index (κ1) is 32.3. The van der Waals surface area contributed by atoms with E-state index in [0.717, 1.165) is 38.2 Å². The van der Waals surface area contributed by atoms with Gasteiger partial charge in [0.1, 0.15) is 0 Å². The lowest BCUT2D eigenvalue weighted by Gasteiger charge is -2.16. The highest BCUT2D eigenvalue weighted by molar-refractivity contribution is 7.28. The van der Waals surface area contributed by atoms with Crippen LogP contribution in [-0.4, -0.2) is 19.5 Å². The van der Waals surface area contributed by atoms with Crippen molar-refractivity contribution < 1.29 is 0 Å². The second-order valence-corrected chi connectivity index (χ2v) is 16.5. The van der Waals surface area contributed by atoms with Crippen molar-refractivity contribution in [1.29, 1.82) is 0 Å². The molecule has 12 aromatic rings. The summed E-state index contributed by atoms with van der Waals surface area (Å²) in [6.07, 6.45) is 0. The molecular weight excluding hydrogens is 733 g/mol. The Labute approximate surface area is 335 Å². The molecule has 12 rings (SSSR count). The molecule has 0 radical (unpaired) electrons. The summed E-state index contributed by atoms with van der Waals surface area (Å²) in [5.41, 5.74) is 8.61. The zero-order chi connectivity index (χ0) is 37.5. The van der Waals surface area contributed by atoms with Crippen LogP contribution in [0.2, 0.25) is 0 Å². The summed E-state index contributed by atoms with van der Waals surface area (Å²) in [5, 5.41) is 7.56. The molecular formula is C51H30N4S2. The largest absolute Gasteiger partial charge is 0.309 e. The van der Waals surface area contributed by atoms with E-state index >= 15 is 0 Å². The topological polar surface area (TPSA) is 43.6 Å². The van der Waals surface area contributed by atoms with Gasteiger partial charge in [-0.1, -0.05) is 133 Å². The van der Waals surface area contributed by atoms with E-state index in [2.05, 4.69) is 150 Å². The van der Waals surface area contributed by atoms with E-state index in [9.17, 15) is 0 Å². The van der Waals surface area contributed by atoms with Crippen LogP contribution < -0.4 is 0 Å². The molecule has 0 aliphatic carbocycles. The van der Waals surface area contributed by atoms with Crippen LogP contribution in [0.1, 0.15) is 0 Å². The molecule has 0 aliphatic heterocycles. The van der Waals surface area contributed by atoms with Gasteiger partial charge in [0.15, 0.2) is 17.5 Å². The fraction of sp³-hybridized carbons (Fsp3) is 0. The van der Waals surface area contributed by atoms with Crippen LogP contribution in [0.5, 0.6) is 0 Å². The summed E-state index contributed by atoms with van der Waals surface area (Å²) < 4.78 is 7.42. The van der Waals surface area contributed by atoms with Gasteiger partial charge in [0, 0.05) is 73.4 Å². The minimum absolute atomic E-state index is 0.649. The van der Waals surface area contributed by atoms with Crippen molar-refractivity contribution >= 4 is 84.8 Å². The fourth-order valence-corrected chi connectivity index (χ4v) is 10.8. The summed E-state index contributed by atoms with van der Waals surface area (Å²) in [6.45, 7) is 0. The number of fused-ring (bicyclic) bond motifs is 10. The van der Waals surface area contributed by atoms with Crippen molar-refractivity contribution in [2.24, 2.45) is 0 Å². The Hall–Kier alpha value is -6.99. The third kappa shape index (κ3) is 5.08. The molecule has 4 aromatic heterocycles. The summed E-state index contributed by atoms with van der Waals surface area (Å²) in [5.74, 6) is 1.95. The standard InChI is InChI=1S/C51H30N4S2/c1-3-15-31(16-4-1)49-52-50(32-17-5-2-6-18-32)54-51(53-49)39-30-33(29-38-47-45(57-48(38)39)28-27-44-46(47)37-22-10-14-26-43(37)56-44)34-19-7-11-23-40(34)55-41-24-12-8-20-35(41)36-21-9-13-25-42(36)55/h1-30H. The van der Waals surface area contributed by atoms with Gasteiger partial charge >= 0.3 is 0 Å². The summed E-state index contributed by atoms with van der Waals surface area (Å²) in [4.78, 5) is 15.6. The van der Waals surface area contributed by atoms with Crippen molar-refractivity contribution in [2.75, 3.05) is 0 Å². The van der Waals surface area contributed by atoms with E-state index in [1.54, 1.807) is 0 Å². The van der Waals surface area contributed by atoms with Gasteiger partial charge in [-0.05, 0) is 54.1 Å². The molecule has 0 N–H and O–H groups in total. The van der Waals surface area contributed by atoms with Gasteiger partial charge in [-0.25, -0.2) is 15.0 Å². The molecule has 0 amide bonds. The lowest BCUT2D eigenvalue weighted by molar-refractivity contribution is 1.08. The molecule has 57 heavy (non-hydrogen) atoms. The van der Waals surface area contributed by atoms with Crippen molar-refractivity contribution in [3.05, 3.63) is 182 Å².